The van der Waals surface area contributed by atoms with Crippen LogP contribution in [0, 0.1) is 0 Å². The first-order chi connectivity index (χ1) is 3.72. The quantitative estimate of drug-likeness (QED) is 0.432. The van der Waals surface area contributed by atoms with Crippen LogP contribution in [0.4, 0.5) is 0 Å². The number of hydrogen-bond acceptors (Lipinski definition) is 3. The molecule has 0 amide bonds. The molecule has 3 heteroatoms. The van der Waals surface area contributed by atoms with E-state index >= 15 is 0 Å². The van der Waals surface area contributed by atoms with Crippen LogP contribution in [-0.4, -0.2) is 17.1 Å². The van der Waals surface area contributed by atoms with Gasteiger partial charge >= 0.3 is 0 Å². The SMILES string of the molecule is C=NN(O)/C(C)=C\C. The molecule has 0 saturated heterocycles. The third kappa shape index (κ3) is 1.75. The van der Waals surface area contributed by atoms with Gasteiger partial charge in [-0.2, -0.15) is 5.10 Å². The Balaban J connectivity index is 3.81. The van der Waals surface area contributed by atoms with Crippen LogP contribution in [-0.2, 0) is 0 Å². The van der Waals surface area contributed by atoms with Gasteiger partial charge in [-0.3, -0.25) is 5.21 Å². The molecule has 0 radical (unpaired) electrons. The summed E-state index contributed by atoms with van der Waals surface area (Å²) in [5, 5.41) is 12.6. The Morgan fingerprint density at radius 2 is 2.38 bits per heavy atom. The van der Waals surface area contributed by atoms with Crippen molar-refractivity contribution in [2.75, 3.05) is 0 Å². The third-order valence-corrected chi connectivity index (χ3v) is 0.867. The van der Waals surface area contributed by atoms with Gasteiger partial charge in [0, 0.05) is 6.72 Å². The summed E-state index contributed by atoms with van der Waals surface area (Å²) in [4.78, 5) is 0. The van der Waals surface area contributed by atoms with Gasteiger partial charge in [0.1, 0.15) is 0 Å². The molecule has 8 heavy (non-hydrogen) atoms. The predicted molar refractivity (Wildman–Crippen MR) is 32.6 cm³/mol. The van der Waals surface area contributed by atoms with Gasteiger partial charge < -0.3 is 0 Å². The van der Waals surface area contributed by atoms with Crippen LogP contribution in [0.3, 0.4) is 0 Å². The zero-order chi connectivity index (χ0) is 6.57. The fourth-order valence-electron chi connectivity index (χ4n) is 0.227. The molecular weight excluding hydrogens is 104 g/mol. The molecule has 0 aromatic rings. The largest absolute Gasteiger partial charge is 0.267 e. The zero-order valence-electron chi connectivity index (χ0n) is 5.13. The molecule has 46 valence electrons. The van der Waals surface area contributed by atoms with E-state index in [1.54, 1.807) is 13.0 Å². The van der Waals surface area contributed by atoms with E-state index < -0.39 is 0 Å². The summed E-state index contributed by atoms with van der Waals surface area (Å²) >= 11 is 0. The minimum Gasteiger partial charge on any atom is -0.267 e. The second-order valence-electron chi connectivity index (χ2n) is 1.36. The summed E-state index contributed by atoms with van der Waals surface area (Å²) in [6.45, 7) is 6.65. The normalized spacial score (nSPS) is 11.1. The summed E-state index contributed by atoms with van der Waals surface area (Å²) in [5.74, 6) is 0. The molecule has 3 nitrogen and oxygen atoms in total. The van der Waals surface area contributed by atoms with Gasteiger partial charge in [-0.25, -0.2) is 0 Å². The van der Waals surface area contributed by atoms with Gasteiger partial charge in [-0.05, 0) is 13.8 Å². The standard InChI is InChI=1S/C5H10N2O/c1-4-5(2)7(8)6-3/h4,8H,3H2,1-2H3/b5-4-. The molecule has 0 unspecified atom stereocenters. The number of hydroxylamine groups is 1. The minimum atomic E-state index is 0.667. The van der Waals surface area contributed by atoms with E-state index in [4.69, 9.17) is 5.21 Å². The molecule has 0 fully saturated rings. The Bertz CT molecular complexity index is 109. The molecule has 0 heterocycles. The van der Waals surface area contributed by atoms with Crippen molar-refractivity contribution >= 4 is 6.72 Å². The molecule has 0 spiro atoms. The Morgan fingerprint density at radius 3 is 2.50 bits per heavy atom. The molecule has 0 atom stereocenters. The lowest BCUT2D eigenvalue weighted by Crippen LogP contribution is -2.06. The molecule has 1 N–H and O–H groups in total. The topological polar surface area (TPSA) is 35.8 Å². The summed E-state index contributed by atoms with van der Waals surface area (Å²) < 4.78 is 0. The first-order valence-electron chi connectivity index (χ1n) is 2.31. The van der Waals surface area contributed by atoms with Crippen LogP contribution in [0.2, 0.25) is 0 Å². The van der Waals surface area contributed by atoms with Crippen molar-refractivity contribution < 1.29 is 5.21 Å². The molecule has 0 rings (SSSR count). The first-order valence-corrected chi connectivity index (χ1v) is 2.31. The van der Waals surface area contributed by atoms with Crippen LogP contribution in [0.5, 0.6) is 0 Å². The van der Waals surface area contributed by atoms with Crippen molar-refractivity contribution in [1.29, 1.82) is 0 Å². The molecule has 0 saturated carbocycles. The van der Waals surface area contributed by atoms with E-state index in [2.05, 4.69) is 11.8 Å². The number of rotatable bonds is 2. The van der Waals surface area contributed by atoms with Crippen molar-refractivity contribution in [3.63, 3.8) is 0 Å². The predicted octanol–water partition coefficient (Wildman–Crippen LogP) is 1.22. The van der Waals surface area contributed by atoms with Crippen molar-refractivity contribution in [3.05, 3.63) is 11.8 Å². The minimum absolute atomic E-state index is 0.667. The van der Waals surface area contributed by atoms with E-state index in [0.717, 1.165) is 5.17 Å². The zero-order valence-corrected chi connectivity index (χ0v) is 5.13. The molecule has 0 aliphatic heterocycles. The lowest BCUT2D eigenvalue weighted by atomic mass is 10.5. The lowest BCUT2D eigenvalue weighted by molar-refractivity contribution is -0.0522. The van der Waals surface area contributed by atoms with Crippen molar-refractivity contribution in [3.8, 4) is 0 Å². The third-order valence-electron chi connectivity index (χ3n) is 0.867. The number of nitrogens with zero attached hydrogens (tertiary/aromatic N) is 2. The fraction of sp³-hybridized carbons (Fsp3) is 0.400. The highest BCUT2D eigenvalue weighted by molar-refractivity contribution is 5.22. The smallest absolute Gasteiger partial charge is 0.0599 e. The van der Waals surface area contributed by atoms with E-state index in [1.165, 1.54) is 0 Å². The van der Waals surface area contributed by atoms with Crippen LogP contribution in [0.1, 0.15) is 13.8 Å². The Kier molecular flexibility index (Phi) is 2.88. The Morgan fingerprint density at radius 1 is 1.88 bits per heavy atom. The van der Waals surface area contributed by atoms with Crippen LogP contribution < -0.4 is 0 Å². The summed E-state index contributed by atoms with van der Waals surface area (Å²) in [6.07, 6.45) is 1.73. The second kappa shape index (κ2) is 3.21. The lowest BCUT2D eigenvalue weighted by Gasteiger charge is -2.07. The van der Waals surface area contributed by atoms with Gasteiger partial charge in [0.15, 0.2) is 0 Å². The Labute approximate surface area is 48.9 Å². The van der Waals surface area contributed by atoms with Crippen molar-refractivity contribution in [2.24, 2.45) is 5.10 Å². The van der Waals surface area contributed by atoms with Gasteiger partial charge in [0.2, 0.25) is 0 Å². The molecule has 0 aromatic heterocycles. The van der Waals surface area contributed by atoms with Gasteiger partial charge in [0.25, 0.3) is 0 Å². The van der Waals surface area contributed by atoms with Crippen LogP contribution in [0.15, 0.2) is 16.9 Å². The molecule has 0 bridgehead atoms. The van der Waals surface area contributed by atoms with Gasteiger partial charge in [0.05, 0.1) is 5.70 Å². The molecule has 0 aromatic carbocycles. The van der Waals surface area contributed by atoms with Crippen LogP contribution >= 0.6 is 0 Å². The fourth-order valence-corrected chi connectivity index (χ4v) is 0.227. The first kappa shape index (κ1) is 7.17. The number of hydrogen-bond donors (Lipinski definition) is 1. The van der Waals surface area contributed by atoms with Crippen molar-refractivity contribution in [1.82, 2.24) is 5.17 Å². The number of hydrazone groups is 1. The van der Waals surface area contributed by atoms with Gasteiger partial charge in [-0.15, -0.1) is 5.17 Å². The monoisotopic (exact) mass is 114 g/mol. The summed E-state index contributed by atoms with van der Waals surface area (Å²) in [5.41, 5.74) is 0.667. The molecular formula is C5H10N2O. The van der Waals surface area contributed by atoms with Gasteiger partial charge in [-0.1, -0.05) is 6.08 Å². The van der Waals surface area contributed by atoms with E-state index in [1.807, 2.05) is 6.92 Å². The molecule has 0 aliphatic carbocycles. The number of allylic oxidation sites excluding steroid dienone is 2. The maximum absolute atomic E-state index is 8.66. The maximum Gasteiger partial charge on any atom is 0.0599 e. The average Bonchev–Trinajstić information content (AvgIpc) is 1.84. The van der Waals surface area contributed by atoms with Crippen molar-refractivity contribution in [2.45, 2.75) is 13.8 Å². The molecule has 0 aliphatic rings. The van der Waals surface area contributed by atoms with E-state index in [-0.39, 0.29) is 0 Å². The second-order valence-corrected chi connectivity index (χ2v) is 1.36. The van der Waals surface area contributed by atoms with E-state index in [0.29, 0.717) is 5.70 Å². The maximum atomic E-state index is 8.66. The highest BCUT2D eigenvalue weighted by atomic mass is 16.5. The summed E-state index contributed by atoms with van der Waals surface area (Å²) in [6, 6.07) is 0. The summed E-state index contributed by atoms with van der Waals surface area (Å²) in [7, 11) is 0. The average molecular weight is 114 g/mol. The van der Waals surface area contributed by atoms with Crippen LogP contribution in [0.25, 0.3) is 0 Å². The highest BCUT2D eigenvalue weighted by Crippen LogP contribution is 1.96. The van der Waals surface area contributed by atoms with E-state index in [9.17, 15) is 0 Å². The highest BCUT2D eigenvalue weighted by Gasteiger charge is 1.90. The Hall–Kier alpha value is -0.830.